The highest BCUT2D eigenvalue weighted by atomic mass is 16.6. The van der Waals surface area contributed by atoms with E-state index < -0.39 is 5.60 Å². The third-order valence-electron chi connectivity index (χ3n) is 6.50. The van der Waals surface area contributed by atoms with Gasteiger partial charge in [0.2, 0.25) is 5.91 Å². The molecular formula is C23H41N5O3. The van der Waals surface area contributed by atoms with E-state index in [-0.39, 0.29) is 18.1 Å². The van der Waals surface area contributed by atoms with Crippen LogP contribution in [0.25, 0.3) is 0 Å². The lowest BCUT2D eigenvalue weighted by atomic mass is 9.98. The highest BCUT2D eigenvalue weighted by Gasteiger charge is 2.33. The third kappa shape index (κ3) is 7.01. The van der Waals surface area contributed by atoms with Crippen LogP contribution in [0.15, 0.2) is 4.99 Å². The monoisotopic (exact) mass is 435 g/mol. The second-order valence-corrected chi connectivity index (χ2v) is 10.3. The number of hydrogen-bond donors (Lipinski definition) is 2. The SMILES string of the molecule is CN=C(NCC1CCCN(C(=O)OC(C)(C)C)C1)NC1CCN(C(=O)C2CCCC2)C1. The highest BCUT2D eigenvalue weighted by Crippen LogP contribution is 2.28. The first-order valence-corrected chi connectivity index (χ1v) is 12.0. The molecule has 0 aromatic rings. The van der Waals surface area contributed by atoms with E-state index in [1.165, 1.54) is 12.8 Å². The number of guanidine groups is 1. The summed E-state index contributed by atoms with van der Waals surface area (Å²) in [6.45, 7) is 9.50. The molecule has 3 fully saturated rings. The molecule has 0 radical (unpaired) electrons. The zero-order chi connectivity index (χ0) is 22.4. The van der Waals surface area contributed by atoms with Gasteiger partial charge in [-0.2, -0.15) is 0 Å². The lowest BCUT2D eigenvalue weighted by Crippen LogP contribution is -2.49. The van der Waals surface area contributed by atoms with Gasteiger partial charge in [-0.15, -0.1) is 0 Å². The smallest absolute Gasteiger partial charge is 0.410 e. The molecule has 31 heavy (non-hydrogen) atoms. The van der Waals surface area contributed by atoms with Gasteiger partial charge in [-0.1, -0.05) is 12.8 Å². The van der Waals surface area contributed by atoms with Gasteiger partial charge < -0.3 is 25.2 Å². The van der Waals surface area contributed by atoms with Gasteiger partial charge in [0.1, 0.15) is 5.60 Å². The summed E-state index contributed by atoms with van der Waals surface area (Å²) < 4.78 is 5.53. The molecule has 1 aliphatic carbocycles. The molecule has 0 spiro atoms. The fraction of sp³-hybridized carbons (Fsp3) is 0.870. The van der Waals surface area contributed by atoms with Crippen LogP contribution in [0.4, 0.5) is 4.79 Å². The van der Waals surface area contributed by atoms with Crippen molar-refractivity contribution in [3.05, 3.63) is 0 Å². The molecule has 2 atom stereocenters. The largest absolute Gasteiger partial charge is 0.444 e. The Kier molecular flexibility index (Phi) is 8.06. The molecule has 0 aromatic carbocycles. The maximum atomic E-state index is 12.7. The highest BCUT2D eigenvalue weighted by molar-refractivity contribution is 5.81. The Morgan fingerprint density at radius 2 is 1.74 bits per heavy atom. The van der Waals surface area contributed by atoms with Gasteiger partial charge in [0.05, 0.1) is 0 Å². The Hall–Kier alpha value is -1.99. The van der Waals surface area contributed by atoms with Crippen LogP contribution in [-0.4, -0.2) is 79.2 Å². The van der Waals surface area contributed by atoms with Crippen LogP contribution in [0.1, 0.15) is 65.7 Å². The minimum Gasteiger partial charge on any atom is -0.444 e. The van der Waals surface area contributed by atoms with E-state index in [0.29, 0.717) is 18.4 Å². The number of hydrogen-bond acceptors (Lipinski definition) is 4. The first-order chi connectivity index (χ1) is 14.7. The van der Waals surface area contributed by atoms with E-state index in [1.807, 2.05) is 30.6 Å². The van der Waals surface area contributed by atoms with E-state index >= 15 is 0 Å². The molecule has 3 aliphatic rings. The van der Waals surface area contributed by atoms with Crippen molar-refractivity contribution in [3.8, 4) is 0 Å². The summed E-state index contributed by atoms with van der Waals surface area (Å²) in [5.41, 5.74) is -0.470. The summed E-state index contributed by atoms with van der Waals surface area (Å²) >= 11 is 0. The van der Waals surface area contributed by atoms with Crippen molar-refractivity contribution < 1.29 is 14.3 Å². The van der Waals surface area contributed by atoms with Gasteiger partial charge >= 0.3 is 6.09 Å². The van der Waals surface area contributed by atoms with Crippen LogP contribution >= 0.6 is 0 Å². The van der Waals surface area contributed by atoms with E-state index in [4.69, 9.17) is 4.74 Å². The van der Waals surface area contributed by atoms with Crippen LogP contribution in [0.5, 0.6) is 0 Å². The van der Waals surface area contributed by atoms with Crippen LogP contribution in [0, 0.1) is 11.8 Å². The molecule has 3 rings (SSSR count). The number of piperidine rings is 1. The summed E-state index contributed by atoms with van der Waals surface area (Å²) in [6, 6.07) is 0.237. The Balaban J connectivity index is 1.41. The molecule has 2 N–H and O–H groups in total. The van der Waals surface area contributed by atoms with Crippen LogP contribution in [0.3, 0.4) is 0 Å². The molecule has 8 nitrogen and oxygen atoms in total. The van der Waals surface area contributed by atoms with E-state index in [0.717, 1.165) is 64.2 Å². The number of ether oxygens (including phenoxy) is 1. The lowest BCUT2D eigenvalue weighted by molar-refractivity contribution is -0.134. The average Bonchev–Trinajstić information content (AvgIpc) is 3.42. The predicted octanol–water partition coefficient (Wildman–Crippen LogP) is 2.59. The van der Waals surface area contributed by atoms with Gasteiger partial charge in [0.15, 0.2) is 5.96 Å². The Morgan fingerprint density at radius 3 is 2.42 bits per heavy atom. The fourth-order valence-corrected chi connectivity index (χ4v) is 4.86. The molecular weight excluding hydrogens is 394 g/mol. The normalized spacial score (nSPS) is 25.6. The van der Waals surface area contributed by atoms with Crippen molar-refractivity contribution in [2.45, 2.75) is 77.4 Å². The van der Waals surface area contributed by atoms with E-state index in [1.54, 1.807) is 7.05 Å². The van der Waals surface area contributed by atoms with Crippen molar-refractivity contribution in [2.24, 2.45) is 16.8 Å². The van der Waals surface area contributed by atoms with Crippen LogP contribution in [-0.2, 0) is 9.53 Å². The Bertz CT molecular complexity index is 654. The minimum absolute atomic E-state index is 0.224. The van der Waals surface area contributed by atoms with Crippen molar-refractivity contribution in [1.29, 1.82) is 0 Å². The van der Waals surface area contributed by atoms with Gasteiger partial charge in [-0.05, 0) is 58.8 Å². The number of amides is 2. The van der Waals surface area contributed by atoms with Gasteiger partial charge in [0.25, 0.3) is 0 Å². The number of rotatable bonds is 4. The maximum Gasteiger partial charge on any atom is 0.410 e. The first-order valence-electron chi connectivity index (χ1n) is 12.0. The van der Waals surface area contributed by atoms with Crippen molar-refractivity contribution in [1.82, 2.24) is 20.4 Å². The molecule has 1 saturated carbocycles. The zero-order valence-electron chi connectivity index (χ0n) is 19.8. The topological polar surface area (TPSA) is 86.3 Å². The van der Waals surface area contributed by atoms with E-state index in [9.17, 15) is 9.59 Å². The summed E-state index contributed by atoms with van der Waals surface area (Å²) in [6.07, 6.45) is 7.28. The summed E-state index contributed by atoms with van der Waals surface area (Å²) in [5, 5.41) is 6.92. The molecule has 2 heterocycles. The standard InChI is InChI=1S/C23H41N5O3/c1-23(2,3)31-22(30)28-12-7-8-17(15-28)14-25-21(24-4)26-19-11-13-27(16-19)20(29)18-9-5-6-10-18/h17-19H,5-16H2,1-4H3,(H2,24,25,26). The zero-order valence-corrected chi connectivity index (χ0v) is 19.8. The van der Waals surface area contributed by atoms with E-state index in [2.05, 4.69) is 15.6 Å². The number of nitrogens with zero attached hydrogens (tertiary/aromatic N) is 3. The summed E-state index contributed by atoms with van der Waals surface area (Å²) in [5.74, 6) is 1.72. The van der Waals surface area contributed by atoms with Gasteiger partial charge in [0, 0.05) is 51.7 Å². The second kappa shape index (κ2) is 10.6. The second-order valence-electron chi connectivity index (χ2n) is 10.3. The predicted molar refractivity (Wildman–Crippen MR) is 122 cm³/mol. The molecule has 8 heteroatoms. The molecule has 0 aromatic heterocycles. The van der Waals surface area contributed by atoms with Crippen LogP contribution < -0.4 is 10.6 Å². The van der Waals surface area contributed by atoms with Gasteiger partial charge in [-0.3, -0.25) is 9.79 Å². The van der Waals surface area contributed by atoms with Crippen molar-refractivity contribution in [3.63, 3.8) is 0 Å². The first kappa shape index (κ1) is 23.7. The number of carbonyl (C=O) groups excluding carboxylic acids is 2. The minimum atomic E-state index is -0.470. The molecule has 0 bridgehead atoms. The number of nitrogens with one attached hydrogen (secondary N) is 2. The fourth-order valence-electron chi connectivity index (χ4n) is 4.86. The molecule has 2 aliphatic heterocycles. The number of likely N-dealkylation sites (tertiary alicyclic amines) is 2. The summed E-state index contributed by atoms with van der Waals surface area (Å²) in [7, 11) is 1.78. The maximum absolute atomic E-state index is 12.7. The number of aliphatic imine (C=N–C) groups is 1. The van der Waals surface area contributed by atoms with Crippen LogP contribution in [0.2, 0.25) is 0 Å². The molecule has 176 valence electrons. The average molecular weight is 436 g/mol. The molecule has 2 unspecified atom stereocenters. The van der Waals surface area contributed by atoms with Crippen molar-refractivity contribution >= 4 is 18.0 Å². The third-order valence-corrected chi connectivity index (χ3v) is 6.50. The van der Waals surface area contributed by atoms with Crippen molar-refractivity contribution in [2.75, 3.05) is 39.8 Å². The molecule has 2 saturated heterocycles. The van der Waals surface area contributed by atoms with Gasteiger partial charge in [-0.25, -0.2) is 4.79 Å². The quantitative estimate of drug-likeness (QED) is 0.524. The molecule has 2 amide bonds. The summed E-state index contributed by atoms with van der Waals surface area (Å²) in [4.78, 5) is 33.3. The Morgan fingerprint density at radius 1 is 1.00 bits per heavy atom. The lowest BCUT2D eigenvalue weighted by Gasteiger charge is -2.34. The number of carbonyl (C=O) groups is 2. The Labute approximate surface area is 187 Å².